The fraction of sp³-hybridized carbons (Fsp3) is 0.167. The van der Waals surface area contributed by atoms with E-state index in [0.29, 0.717) is 17.3 Å². The molecule has 2 N–H and O–H groups in total. The molecule has 18 heavy (non-hydrogen) atoms. The minimum atomic E-state index is -0.642. The van der Waals surface area contributed by atoms with Crippen LogP contribution in [0.5, 0.6) is 5.75 Å². The van der Waals surface area contributed by atoms with E-state index < -0.39 is 11.6 Å². The highest BCUT2D eigenvalue weighted by molar-refractivity contribution is 5.29. The molecular weight excluding hydrogens is 240 g/mol. The van der Waals surface area contributed by atoms with Crippen LogP contribution in [0.15, 0.2) is 24.3 Å². The Morgan fingerprint density at radius 3 is 2.72 bits per heavy atom. The SMILES string of the molecule is Cc1cc(N)nc(COc2cc(F)ccc2F)n1. The second kappa shape index (κ2) is 4.95. The van der Waals surface area contributed by atoms with Crippen molar-refractivity contribution in [2.24, 2.45) is 0 Å². The van der Waals surface area contributed by atoms with Crippen LogP contribution in [-0.2, 0) is 6.61 Å². The van der Waals surface area contributed by atoms with E-state index in [0.717, 1.165) is 18.2 Å². The standard InChI is InChI=1S/C12H11F2N3O/c1-7-4-11(15)17-12(16-7)6-18-10-5-8(13)2-3-9(10)14/h2-5H,6H2,1H3,(H2,15,16,17). The Bertz CT molecular complexity index is 555. The number of anilines is 1. The number of nitrogens with zero attached hydrogens (tertiary/aromatic N) is 2. The molecule has 6 heteroatoms. The van der Waals surface area contributed by atoms with Crippen LogP contribution in [0.4, 0.5) is 14.6 Å². The van der Waals surface area contributed by atoms with E-state index in [1.807, 2.05) is 0 Å². The lowest BCUT2D eigenvalue weighted by Crippen LogP contribution is -2.06. The Labute approximate surface area is 102 Å². The van der Waals surface area contributed by atoms with Crippen molar-refractivity contribution < 1.29 is 13.5 Å². The van der Waals surface area contributed by atoms with Gasteiger partial charge in [-0.15, -0.1) is 0 Å². The molecule has 0 fully saturated rings. The van der Waals surface area contributed by atoms with Crippen molar-refractivity contribution >= 4 is 5.82 Å². The fourth-order valence-corrected chi connectivity index (χ4v) is 1.45. The van der Waals surface area contributed by atoms with E-state index in [1.54, 1.807) is 13.0 Å². The smallest absolute Gasteiger partial charge is 0.168 e. The van der Waals surface area contributed by atoms with Gasteiger partial charge in [0.15, 0.2) is 17.4 Å². The molecule has 0 saturated carbocycles. The first-order valence-corrected chi connectivity index (χ1v) is 5.22. The van der Waals surface area contributed by atoms with Gasteiger partial charge in [0.2, 0.25) is 0 Å². The third-order valence-corrected chi connectivity index (χ3v) is 2.17. The quantitative estimate of drug-likeness (QED) is 0.908. The van der Waals surface area contributed by atoms with Gasteiger partial charge in [0.25, 0.3) is 0 Å². The number of hydrogen-bond donors (Lipinski definition) is 1. The van der Waals surface area contributed by atoms with Crippen LogP contribution >= 0.6 is 0 Å². The first kappa shape index (κ1) is 12.2. The molecule has 0 atom stereocenters. The summed E-state index contributed by atoms with van der Waals surface area (Å²) in [6, 6.07) is 4.58. The van der Waals surface area contributed by atoms with Crippen molar-refractivity contribution in [3.8, 4) is 5.75 Å². The van der Waals surface area contributed by atoms with Gasteiger partial charge in [0, 0.05) is 17.8 Å². The Morgan fingerprint density at radius 1 is 1.22 bits per heavy atom. The zero-order chi connectivity index (χ0) is 13.1. The predicted molar refractivity (Wildman–Crippen MR) is 61.9 cm³/mol. The zero-order valence-electron chi connectivity index (χ0n) is 9.65. The third kappa shape index (κ3) is 2.91. The summed E-state index contributed by atoms with van der Waals surface area (Å²) in [5.74, 6) is -0.774. The minimum Gasteiger partial charge on any atom is -0.482 e. The van der Waals surface area contributed by atoms with E-state index in [2.05, 4.69) is 9.97 Å². The van der Waals surface area contributed by atoms with Gasteiger partial charge in [-0.25, -0.2) is 18.7 Å². The summed E-state index contributed by atoms with van der Waals surface area (Å²) < 4.78 is 31.3. The van der Waals surface area contributed by atoms with Gasteiger partial charge in [0.1, 0.15) is 18.2 Å². The highest BCUT2D eigenvalue weighted by Crippen LogP contribution is 2.18. The molecule has 0 radical (unpaired) electrons. The van der Waals surface area contributed by atoms with Crippen molar-refractivity contribution in [3.05, 3.63) is 47.4 Å². The van der Waals surface area contributed by atoms with Crippen molar-refractivity contribution in [2.75, 3.05) is 5.73 Å². The van der Waals surface area contributed by atoms with E-state index in [9.17, 15) is 8.78 Å². The van der Waals surface area contributed by atoms with Gasteiger partial charge in [-0.1, -0.05) is 0 Å². The normalized spacial score (nSPS) is 10.4. The summed E-state index contributed by atoms with van der Waals surface area (Å²) >= 11 is 0. The van der Waals surface area contributed by atoms with Crippen molar-refractivity contribution in [2.45, 2.75) is 13.5 Å². The fourth-order valence-electron chi connectivity index (χ4n) is 1.45. The summed E-state index contributed by atoms with van der Waals surface area (Å²) in [4.78, 5) is 8.00. The second-order valence-electron chi connectivity index (χ2n) is 3.71. The maximum atomic E-state index is 13.3. The van der Waals surface area contributed by atoms with Crippen molar-refractivity contribution in [1.29, 1.82) is 0 Å². The number of nitrogens with two attached hydrogens (primary N) is 1. The number of aromatic nitrogens is 2. The van der Waals surface area contributed by atoms with Crippen LogP contribution < -0.4 is 10.5 Å². The molecule has 0 aliphatic rings. The number of ether oxygens (including phenoxy) is 1. The largest absolute Gasteiger partial charge is 0.482 e. The van der Waals surface area contributed by atoms with E-state index in [1.165, 1.54) is 0 Å². The van der Waals surface area contributed by atoms with Crippen LogP contribution in [0, 0.1) is 18.6 Å². The van der Waals surface area contributed by atoms with E-state index in [4.69, 9.17) is 10.5 Å². The molecule has 1 heterocycles. The lowest BCUT2D eigenvalue weighted by atomic mass is 10.3. The number of nitrogen functional groups attached to an aromatic ring is 1. The molecule has 2 aromatic rings. The molecule has 1 aromatic carbocycles. The number of hydrogen-bond acceptors (Lipinski definition) is 4. The number of rotatable bonds is 3. The van der Waals surface area contributed by atoms with Gasteiger partial charge in [0.05, 0.1) is 0 Å². The molecule has 0 unspecified atom stereocenters. The Morgan fingerprint density at radius 2 is 2.00 bits per heavy atom. The van der Waals surface area contributed by atoms with Crippen LogP contribution in [0.3, 0.4) is 0 Å². The molecule has 0 aliphatic carbocycles. The van der Waals surface area contributed by atoms with Crippen LogP contribution in [0.1, 0.15) is 11.5 Å². The van der Waals surface area contributed by atoms with Gasteiger partial charge in [-0.2, -0.15) is 0 Å². The third-order valence-electron chi connectivity index (χ3n) is 2.17. The van der Waals surface area contributed by atoms with Crippen LogP contribution in [0.2, 0.25) is 0 Å². The molecule has 1 aromatic heterocycles. The number of halogens is 2. The average molecular weight is 251 g/mol. The predicted octanol–water partition coefficient (Wildman–Crippen LogP) is 2.22. The molecule has 0 bridgehead atoms. The minimum absolute atomic E-state index is 0.0771. The lowest BCUT2D eigenvalue weighted by molar-refractivity contribution is 0.279. The van der Waals surface area contributed by atoms with Gasteiger partial charge < -0.3 is 10.5 Å². The summed E-state index contributed by atoms with van der Waals surface area (Å²) in [6.45, 7) is 1.68. The van der Waals surface area contributed by atoms with Crippen molar-refractivity contribution in [1.82, 2.24) is 9.97 Å². The first-order chi connectivity index (χ1) is 8.54. The molecule has 0 aliphatic heterocycles. The monoisotopic (exact) mass is 251 g/mol. The summed E-state index contributed by atoms with van der Waals surface area (Å²) in [7, 11) is 0. The van der Waals surface area contributed by atoms with Crippen LogP contribution in [-0.4, -0.2) is 9.97 Å². The Balaban J connectivity index is 2.13. The summed E-state index contributed by atoms with van der Waals surface area (Å²) in [5.41, 5.74) is 6.22. The van der Waals surface area contributed by atoms with Gasteiger partial charge in [-0.3, -0.25) is 0 Å². The molecule has 0 amide bonds. The molecule has 0 saturated heterocycles. The number of aryl methyl sites for hydroxylation is 1. The summed E-state index contributed by atoms with van der Waals surface area (Å²) in [5, 5.41) is 0. The molecule has 0 spiro atoms. The molecular formula is C12H11F2N3O. The van der Waals surface area contributed by atoms with E-state index >= 15 is 0 Å². The molecule has 94 valence electrons. The average Bonchev–Trinajstić information content (AvgIpc) is 2.29. The lowest BCUT2D eigenvalue weighted by Gasteiger charge is -2.07. The first-order valence-electron chi connectivity index (χ1n) is 5.22. The highest BCUT2D eigenvalue weighted by Gasteiger charge is 2.07. The highest BCUT2D eigenvalue weighted by atomic mass is 19.1. The number of benzene rings is 1. The second-order valence-corrected chi connectivity index (χ2v) is 3.71. The molecule has 4 nitrogen and oxygen atoms in total. The topological polar surface area (TPSA) is 61.0 Å². The maximum Gasteiger partial charge on any atom is 0.168 e. The van der Waals surface area contributed by atoms with E-state index in [-0.39, 0.29) is 12.4 Å². The summed E-state index contributed by atoms with van der Waals surface area (Å²) in [6.07, 6.45) is 0. The zero-order valence-corrected chi connectivity index (χ0v) is 9.65. The van der Waals surface area contributed by atoms with Gasteiger partial charge in [-0.05, 0) is 19.1 Å². The Hall–Kier alpha value is -2.24. The Kier molecular flexibility index (Phi) is 3.36. The van der Waals surface area contributed by atoms with Gasteiger partial charge >= 0.3 is 0 Å². The molecule has 2 rings (SSSR count). The van der Waals surface area contributed by atoms with Crippen molar-refractivity contribution in [3.63, 3.8) is 0 Å². The maximum absolute atomic E-state index is 13.3. The van der Waals surface area contributed by atoms with Crippen LogP contribution in [0.25, 0.3) is 0 Å².